The minimum absolute atomic E-state index is 0.00611. The summed E-state index contributed by atoms with van der Waals surface area (Å²) in [7, 11) is 0. The highest BCUT2D eigenvalue weighted by atomic mass is 16.2. The highest BCUT2D eigenvalue weighted by Gasteiger charge is 2.14. The first-order valence-corrected chi connectivity index (χ1v) is 8.32. The van der Waals surface area contributed by atoms with Crippen LogP contribution in [0.2, 0.25) is 0 Å². The maximum atomic E-state index is 12.1. The molecule has 1 aliphatic rings. The molecule has 0 radical (unpaired) electrons. The van der Waals surface area contributed by atoms with Crippen molar-refractivity contribution < 1.29 is 9.59 Å². The Morgan fingerprint density at radius 3 is 2.73 bits per heavy atom. The normalized spacial score (nSPS) is 13.3. The molecular formula is C18H26N2O2. The average Bonchev–Trinajstić information content (AvgIpc) is 2.51. The number of fused-ring (bicyclic) bond motifs is 1. The first kappa shape index (κ1) is 16.5. The van der Waals surface area contributed by atoms with Crippen molar-refractivity contribution in [3.05, 3.63) is 29.3 Å². The van der Waals surface area contributed by atoms with E-state index in [9.17, 15) is 9.59 Å². The van der Waals surface area contributed by atoms with Gasteiger partial charge in [0.2, 0.25) is 11.8 Å². The highest BCUT2D eigenvalue weighted by Crippen LogP contribution is 2.27. The monoisotopic (exact) mass is 302 g/mol. The molecule has 1 aliphatic carbocycles. The van der Waals surface area contributed by atoms with E-state index in [4.69, 9.17) is 0 Å². The van der Waals surface area contributed by atoms with Gasteiger partial charge in [-0.15, -0.1) is 0 Å². The summed E-state index contributed by atoms with van der Waals surface area (Å²) < 4.78 is 0. The largest absolute Gasteiger partial charge is 0.356 e. The lowest BCUT2D eigenvalue weighted by atomic mass is 9.90. The van der Waals surface area contributed by atoms with Gasteiger partial charge >= 0.3 is 0 Å². The number of benzene rings is 1. The second-order valence-electron chi connectivity index (χ2n) is 5.99. The molecule has 4 nitrogen and oxygen atoms in total. The van der Waals surface area contributed by atoms with Gasteiger partial charge in [0.15, 0.2) is 0 Å². The van der Waals surface area contributed by atoms with Crippen LogP contribution in [0.1, 0.15) is 56.6 Å². The van der Waals surface area contributed by atoms with Crippen molar-refractivity contribution in [3.63, 3.8) is 0 Å². The summed E-state index contributed by atoms with van der Waals surface area (Å²) in [5.74, 6) is 0.102. The van der Waals surface area contributed by atoms with Crippen molar-refractivity contribution >= 4 is 17.5 Å². The van der Waals surface area contributed by atoms with Gasteiger partial charge in [0, 0.05) is 25.6 Å². The Bertz CT molecular complexity index is 526. The third kappa shape index (κ3) is 5.17. The van der Waals surface area contributed by atoms with Crippen LogP contribution >= 0.6 is 0 Å². The molecule has 0 unspecified atom stereocenters. The molecule has 22 heavy (non-hydrogen) atoms. The molecule has 0 spiro atoms. The van der Waals surface area contributed by atoms with Gasteiger partial charge in [0.1, 0.15) is 0 Å². The standard InChI is InChI=1S/C18H26N2O2/c1-14(21)19-13-6-2-3-12-18(22)20-17-11-7-9-15-8-4-5-10-16(15)17/h7,9,11H,2-6,8,10,12-13H2,1H3,(H,19,21)(H,20,22). The Morgan fingerprint density at radius 2 is 1.91 bits per heavy atom. The smallest absolute Gasteiger partial charge is 0.224 e. The molecule has 1 aromatic carbocycles. The van der Waals surface area contributed by atoms with Gasteiger partial charge in [-0.25, -0.2) is 0 Å². The summed E-state index contributed by atoms with van der Waals surface area (Å²) in [6.45, 7) is 2.22. The van der Waals surface area contributed by atoms with Crippen LogP contribution < -0.4 is 10.6 Å². The number of rotatable bonds is 7. The Balaban J connectivity index is 1.72. The molecule has 0 saturated carbocycles. The Kier molecular flexibility index (Phi) is 6.44. The van der Waals surface area contributed by atoms with E-state index in [1.165, 1.54) is 30.9 Å². The van der Waals surface area contributed by atoms with Crippen LogP contribution in [0.4, 0.5) is 5.69 Å². The fourth-order valence-corrected chi connectivity index (χ4v) is 2.96. The lowest BCUT2D eigenvalue weighted by Crippen LogP contribution is -2.20. The number of aryl methyl sites for hydroxylation is 1. The van der Waals surface area contributed by atoms with E-state index in [0.29, 0.717) is 13.0 Å². The molecule has 0 saturated heterocycles. The van der Waals surface area contributed by atoms with Gasteiger partial charge in [0.05, 0.1) is 0 Å². The van der Waals surface area contributed by atoms with E-state index in [2.05, 4.69) is 16.7 Å². The molecule has 0 aliphatic heterocycles. The Labute approximate surface area is 132 Å². The summed E-state index contributed by atoms with van der Waals surface area (Å²) in [6, 6.07) is 6.22. The van der Waals surface area contributed by atoms with Crippen LogP contribution in [0.25, 0.3) is 0 Å². The van der Waals surface area contributed by atoms with Gasteiger partial charge in [-0.1, -0.05) is 18.6 Å². The van der Waals surface area contributed by atoms with Crippen LogP contribution in [-0.4, -0.2) is 18.4 Å². The zero-order valence-corrected chi connectivity index (χ0v) is 13.4. The SMILES string of the molecule is CC(=O)NCCCCCC(=O)Nc1cccc2c1CCCC2. The average molecular weight is 302 g/mol. The minimum atomic E-state index is 0.00611. The molecule has 2 rings (SSSR count). The van der Waals surface area contributed by atoms with Crippen molar-refractivity contribution in [1.29, 1.82) is 0 Å². The van der Waals surface area contributed by atoms with Crippen LogP contribution in [0.3, 0.4) is 0 Å². The summed E-state index contributed by atoms with van der Waals surface area (Å²) in [4.78, 5) is 22.8. The molecule has 0 aromatic heterocycles. The van der Waals surface area contributed by atoms with Crippen molar-refractivity contribution in [2.24, 2.45) is 0 Å². The molecule has 120 valence electrons. The number of unbranched alkanes of at least 4 members (excludes halogenated alkanes) is 2. The quantitative estimate of drug-likeness (QED) is 0.760. The van der Waals surface area contributed by atoms with Crippen molar-refractivity contribution in [1.82, 2.24) is 5.32 Å². The van der Waals surface area contributed by atoms with Gasteiger partial charge in [-0.2, -0.15) is 0 Å². The number of anilines is 1. The first-order valence-electron chi connectivity index (χ1n) is 8.32. The van der Waals surface area contributed by atoms with E-state index >= 15 is 0 Å². The third-order valence-corrected chi connectivity index (χ3v) is 4.12. The Morgan fingerprint density at radius 1 is 1.09 bits per heavy atom. The highest BCUT2D eigenvalue weighted by molar-refractivity contribution is 5.91. The zero-order valence-electron chi connectivity index (χ0n) is 13.4. The summed E-state index contributed by atoms with van der Waals surface area (Å²) in [6.07, 6.45) is 7.95. The summed E-state index contributed by atoms with van der Waals surface area (Å²) in [5.41, 5.74) is 3.72. The lowest BCUT2D eigenvalue weighted by molar-refractivity contribution is -0.119. The molecule has 0 heterocycles. The molecule has 4 heteroatoms. The topological polar surface area (TPSA) is 58.2 Å². The number of carbonyl (C=O) groups excluding carboxylic acids is 2. The third-order valence-electron chi connectivity index (χ3n) is 4.12. The second-order valence-corrected chi connectivity index (χ2v) is 5.99. The van der Waals surface area contributed by atoms with Crippen LogP contribution in [0.15, 0.2) is 18.2 Å². The van der Waals surface area contributed by atoms with E-state index < -0.39 is 0 Å². The number of hydrogen-bond acceptors (Lipinski definition) is 2. The number of amides is 2. The molecule has 0 fully saturated rings. The van der Waals surface area contributed by atoms with E-state index in [1.54, 1.807) is 0 Å². The van der Waals surface area contributed by atoms with Crippen LogP contribution in [0, 0.1) is 0 Å². The molecule has 2 amide bonds. The number of hydrogen-bond donors (Lipinski definition) is 2. The van der Waals surface area contributed by atoms with Crippen molar-refractivity contribution in [2.75, 3.05) is 11.9 Å². The molecule has 1 aromatic rings. The van der Waals surface area contributed by atoms with Gasteiger partial charge in [0.25, 0.3) is 0 Å². The van der Waals surface area contributed by atoms with Crippen molar-refractivity contribution in [3.8, 4) is 0 Å². The predicted molar refractivity (Wildman–Crippen MR) is 88.9 cm³/mol. The van der Waals surface area contributed by atoms with Gasteiger partial charge in [-0.05, 0) is 55.7 Å². The van der Waals surface area contributed by atoms with Crippen LogP contribution in [0.5, 0.6) is 0 Å². The number of carbonyl (C=O) groups is 2. The van der Waals surface area contributed by atoms with Crippen LogP contribution in [-0.2, 0) is 22.4 Å². The fourth-order valence-electron chi connectivity index (χ4n) is 2.96. The van der Waals surface area contributed by atoms with Crippen molar-refractivity contribution in [2.45, 2.75) is 58.3 Å². The number of nitrogens with one attached hydrogen (secondary N) is 2. The zero-order chi connectivity index (χ0) is 15.8. The molecule has 2 N–H and O–H groups in total. The maximum Gasteiger partial charge on any atom is 0.224 e. The Hall–Kier alpha value is -1.84. The predicted octanol–water partition coefficient (Wildman–Crippen LogP) is 3.20. The maximum absolute atomic E-state index is 12.1. The fraction of sp³-hybridized carbons (Fsp3) is 0.556. The van der Waals surface area contributed by atoms with E-state index in [1.807, 2.05) is 12.1 Å². The van der Waals surface area contributed by atoms with E-state index in [-0.39, 0.29) is 11.8 Å². The molecular weight excluding hydrogens is 276 g/mol. The van der Waals surface area contributed by atoms with Gasteiger partial charge in [-0.3, -0.25) is 9.59 Å². The lowest BCUT2D eigenvalue weighted by Gasteiger charge is -2.19. The second kappa shape index (κ2) is 8.57. The van der Waals surface area contributed by atoms with Gasteiger partial charge < -0.3 is 10.6 Å². The molecule has 0 atom stereocenters. The molecule has 0 bridgehead atoms. The first-order chi connectivity index (χ1) is 10.7. The summed E-state index contributed by atoms with van der Waals surface area (Å²) >= 11 is 0. The van der Waals surface area contributed by atoms with E-state index in [0.717, 1.165) is 37.8 Å². The summed E-state index contributed by atoms with van der Waals surface area (Å²) in [5, 5.41) is 5.84. The minimum Gasteiger partial charge on any atom is -0.356 e.